The molecule has 0 saturated carbocycles. The number of hydrogen-bond donors (Lipinski definition) is 6. The number of aromatic amines is 1. The Hall–Kier alpha value is -3.43. The molecule has 0 unspecified atom stereocenters. The summed E-state index contributed by atoms with van der Waals surface area (Å²) in [7, 11) is 0. The molecule has 3 aromatic rings. The highest BCUT2D eigenvalue weighted by Gasteiger charge is 2.30. The van der Waals surface area contributed by atoms with E-state index in [2.05, 4.69) is 20.6 Å². The van der Waals surface area contributed by atoms with Gasteiger partial charge in [0.15, 0.2) is 18.2 Å². The number of nitrogen functional groups attached to an aromatic ring is 1. The summed E-state index contributed by atoms with van der Waals surface area (Å²) in [4.78, 5) is 30.9. The van der Waals surface area contributed by atoms with E-state index in [9.17, 15) is 19.8 Å². The maximum Gasteiger partial charge on any atom is 0.256 e. The van der Waals surface area contributed by atoms with Crippen LogP contribution in [0.15, 0.2) is 48.5 Å². The minimum absolute atomic E-state index is 0.233. The van der Waals surface area contributed by atoms with Crippen molar-refractivity contribution in [2.24, 2.45) is 0 Å². The van der Waals surface area contributed by atoms with Gasteiger partial charge in [-0.15, -0.1) is 0 Å². The van der Waals surface area contributed by atoms with Crippen LogP contribution in [0.2, 0.25) is 0 Å². The third-order valence-corrected chi connectivity index (χ3v) is 3.65. The van der Waals surface area contributed by atoms with E-state index in [1.54, 1.807) is 48.5 Å². The van der Waals surface area contributed by atoms with Crippen molar-refractivity contribution >= 4 is 40.2 Å². The number of rotatable bonds is 5. The van der Waals surface area contributed by atoms with Crippen molar-refractivity contribution in [3.63, 3.8) is 0 Å². The molecular formula is C17H17N5O4. The van der Waals surface area contributed by atoms with Crippen LogP contribution in [0.5, 0.6) is 0 Å². The lowest BCUT2D eigenvalue weighted by Crippen LogP contribution is -2.45. The molecule has 26 heavy (non-hydrogen) atoms. The lowest BCUT2D eigenvalue weighted by atomic mass is 10.1. The van der Waals surface area contributed by atoms with Crippen LogP contribution < -0.4 is 16.4 Å². The summed E-state index contributed by atoms with van der Waals surface area (Å²) < 4.78 is 0. The van der Waals surface area contributed by atoms with Crippen LogP contribution >= 0.6 is 0 Å². The summed E-state index contributed by atoms with van der Waals surface area (Å²) >= 11 is 0. The van der Waals surface area contributed by atoms with Crippen molar-refractivity contribution in [1.29, 1.82) is 0 Å². The quantitative estimate of drug-likeness (QED) is 0.390. The molecule has 0 aliphatic carbocycles. The summed E-state index contributed by atoms with van der Waals surface area (Å²) in [6.07, 6.45) is -3.87. The van der Waals surface area contributed by atoms with Crippen LogP contribution in [0.3, 0.4) is 0 Å². The zero-order valence-corrected chi connectivity index (χ0v) is 13.5. The van der Waals surface area contributed by atoms with E-state index in [1.165, 1.54) is 0 Å². The molecule has 2 atom stereocenters. The van der Waals surface area contributed by atoms with Gasteiger partial charge in [-0.1, -0.05) is 18.2 Å². The maximum absolute atomic E-state index is 12.1. The second-order valence-corrected chi connectivity index (χ2v) is 5.59. The third kappa shape index (κ3) is 3.79. The number of carbonyl (C=O) groups excluding carboxylic acids is 2. The largest absolute Gasteiger partial charge is 0.380 e. The van der Waals surface area contributed by atoms with E-state index in [1.807, 2.05) is 0 Å². The van der Waals surface area contributed by atoms with Crippen LogP contribution in [-0.4, -0.2) is 44.2 Å². The normalized spacial score (nSPS) is 13.2. The predicted molar refractivity (Wildman–Crippen MR) is 96.2 cm³/mol. The fourth-order valence-electron chi connectivity index (χ4n) is 2.35. The summed E-state index contributed by atoms with van der Waals surface area (Å²) in [5, 5.41) is 24.7. The second kappa shape index (κ2) is 7.21. The number of hydrogen-bond acceptors (Lipinski definition) is 6. The summed E-state index contributed by atoms with van der Waals surface area (Å²) in [6.45, 7) is 0. The predicted octanol–water partition coefficient (Wildman–Crippen LogP) is 0.444. The number of aliphatic hydroxyl groups is 2. The van der Waals surface area contributed by atoms with Gasteiger partial charge >= 0.3 is 0 Å². The van der Waals surface area contributed by atoms with Gasteiger partial charge in [0.05, 0.1) is 11.0 Å². The minimum Gasteiger partial charge on any atom is -0.380 e. The fraction of sp³-hybridized carbons (Fsp3) is 0.118. The average molecular weight is 355 g/mol. The van der Waals surface area contributed by atoms with Gasteiger partial charge < -0.3 is 31.6 Å². The van der Waals surface area contributed by atoms with Gasteiger partial charge in [-0.3, -0.25) is 9.59 Å². The molecule has 7 N–H and O–H groups in total. The molecule has 0 fully saturated rings. The lowest BCUT2D eigenvalue weighted by molar-refractivity contribution is -0.139. The van der Waals surface area contributed by atoms with Gasteiger partial charge in [0.2, 0.25) is 0 Å². The average Bonchev–Trinajstić information content (AvgIpc) is 3.00. The number of imidazole rings is 1. The second-order valence-electron chi connectivity index (χ2n) is 5.59. The first-order valence-electron chi connectivity index (χ1n) is 7.72. The molecule has 0 aliphatic rings. The Kier molecular flexibility index (Phi) is 4.83. The molecule has 9 nitrogen and oxygen atoms in total. The Morgan fingerprint density at radius 2 is 1.58 bits per heavy atom. The van der Waals surface area contributed by atoms with Crippen molar-refractivity contribution in [3.8, 4) is 0 Å². The number of nitrogens with one attached hydrogen (secondary N) is 3. The Bertz CT molecular complexity index is 941. The van der Waals surface area contributed by atoms with Gasteiger partial charge in [-0.05, 0) is 30.3 Å². The number of anilines is 3. The Labute approximate surface area is 147 Å². The minimum atomic E-state index is -1.94. The van der Waals surface area contributed by atoms with Gasteiger partial charge in [0.25, 0.3) is 11.8 Å². The summed E-state index contributed by atoms with van der Waals surface area (Å²) in [5.74, 6) is -1.58. The number of H-pyrrole nitrogens is 1. The molecule has 134 valence electrons. The molecule has 2 aromatic carbocycles. The molecule has 9 heteroatoms. The number of aromatic nitrogens is 2. The van der Waals surface area contributed by atoms with Gasteiger partial charge in [0, 0.05) is 11.4 Å². The Morgan fingerprint density at radius 1 is 0.962 bits per heavy atom. The van der Waals surface area contributed by atoms with Crippen LogP contribution in [0, 0.1) is 0 Å². The first-order chi connectivity index (χ1) is 12.4. The van der Waals surface area contributed by atoms with Crippen LogP contribution in [0.1, 0.15) is 0 Å². The van der Waals surface area contributed by atoms with Crippen LogP contribution in [-0.2, 0) is 9.59 Å². The highest BCUT2D eigenvalue weighted by Crippen LogP contribution is 2.18. The first-order valence-corrected chi connectivity index (χ1v) is 7.72. The highest BCUT2D eigenvalue weighted by atomic mass is 16.3. The summed E-state index contributed by atoms with van der Waals surface area (Å²) in [5.41, 5.74) is 7.55. The van der Waals surface area contributed by atoms with Crippen molar-refractivity contribution in [3.05, 3.63) is 48.5 Å². The number of para-hydroxylation sites is 1. The molecule has 0 bridgehead atoms. The molecule has 0 aliphatic heterocycles. The smallest absolute Gasteiger partial charge is 0.256 e. The van der Waals surface area contributed by atoms with Gasteiger partial charge in [0.1, 0.15) is 0 Å². The van der Waals surface area contributed by atoms with Crippen molar-refractivity contribution < 1.29 is 19.8 Å². The van der Waals surface area contributed by atoms with Crippen molar-refractivity contribution in [2.75, 3.05) is 16.4 Å². The lowest BCUT2D eigenvalue weighted by Gasteiger charge is -2.17. The van der Waals surface area contributed by atoms with Crippen molar-refractivity contribution in [2.45, 2.75) is 12.2 Å². The maximum atomic E-state index is 12.1. The number of carbonyl (C=O) groups is 2. The fourth-order valence-corrected chi connectivity index (χ4v) is 2.35. The Morgan fingerprint density at radius 3 is 2.23 bits per heavy atom. The van der Waals surface area contributed by atoms with E-state index in [4.69, 9.17) is 5.73 Å². The SMILES string of the molecule is Nc1nc2ccc(NC(=O)[C@H](O)[C@@H](O)C(=O)Nc3ccccc3)cc2[nH]1. The highest BCUT2D eigenvalue weighted by molar-refractivity contribution is 6.02. The van der Waals surface area contributed by atoms with Crippen LogP contribution in [0.4, 0.5) is 17.3 Å². The monoisotopic (exact) mass is 355 g/mol. The van der Waals surface area contributed by atoms with E-state index < -0.39 is 24.0 Å². The molecule has 1 heterocycles. The standard InChI is InChI=1S/C17H17N5O4/c18-17-21-11-7-6-10(8-12(11)22-17)20-16(26)14(24)13(23)15(25)19-9-4-2-1-3-5-9/h1-8,13-14,23-24H,(H,19,25)(H,20,26)(H3,18,21,22)/t13-,14-/m1/s1. The molecular weight excluding hydrogens is 338 g/mol. The Balaban J connectivity index is 1.64. The van der Waals surface area contributed by atoms with Crippen LogP contribution in [0.25, 0.3) is 11.0 Å². The van der Waals surface area contributed by atoms with E-state index in [-0.39, 0.29) is 5.95 Å². The first kappa shape index (κ1) is 17.4. The molecule has 2 amide bonds. The van der Waals surface area contributed by atoms with E-state index in [0.717, 1.165) is 0 Å². The number of nitrogens with zero attached hydrogens (tertiary/aromatic N) is 1. The van der Waals surface area contributed by atoms with E-state index >= 15 is 0 Å². The number of amides is 2. The molecule has 0 saturated heterocycles. The number of aliphatic hydroxyl groups excluding tert-OH is 2. The topological polar surface area (TPSA) is 153 Å². The molecule has 1 aromatic heterocycles. The van der Waals surface area contributed by atoms with Gasteiger partial charge in [-0.2, -0.15) is 0 Å². The number of nitrogens with two attached hydrogens (primary N) is 1. The molecule has 3 rings (SSSR count). The van der Waals surface area contributed by atoms with E-state index in [0.29, 0.717) is 22.4 Å². The number of benzene rings is 2. The molecule has 0 radical (unpaired) electrons. The van der Waals surface area contributed by atoms with Gasteiger partial charge in [-0.25, -0.2) is 4.98 Å². The van der Waals surface area contributed by atoms with Crippen molar-refractivity contribution in [1.82, 2.24) is 9.97 Å². The third-order valence-electron chi connectivity index (χ3n) is 3.65. The number of fused-ring (bicyclic) bond motifs is 1. The zero-order chi connectivity index (χ0) is 18.7. The zero-order valence-electron chi connectivity index (χ0n) is 13.5. The molecule has 0 spiro atoms. The summed E-state index contributed by atoms with van der Waals surface area (Å²) in [6, 6.07) is 13.1.